The highest BCUT2D eigenvalue weighted by Gasteiger charge is 2.25. The Morgan fingerprint density at radius 1 is 1.39 bits per heavy atom. The molecule has 1 saturated heterocycles. The number of carbonyl (C=O) groups is 1. The van der Waals surface area contributed by atoms with Crippen molar-refractivity contribution < 1.29 is 14.3 Å². The summed E-state index contributed by atoms with van der Waals surface area (Å²) >= 11 is 0. The van der Waals surface area contributed by atoms with E-state index in [1.54, 1.807) is 12.0 Å². The molecule has 0 radical (unpaired) electrons. The molecule has 0 aromatic rings. The molecular formula is C13H26N2O3. The van der Waals surface area contributed by atoms with Crippen LogP contribution in [-0.2, 0) is 9.47 Å². The van der Waals surface area contributed by atoms with Gasteiger partial charge in [0.1, 0.15) is 0 Å². The number of carbonyl (C=O) groups excluding carboxylic acids is 1. The van der Waals surface area contributed by atoms with Crippen molar-refractivity contribution in [2.24, 2.45) is 0 Å². The highest BCUT2D eigenvalue weighted by atomic mass is 16.6. The second-order valence-electron chi connectivity index (χ2n) is 5.30. The van der Waals surface area contributed by atoms with E-state index >= 15 is 0 Å². The number of methoxy groups -OCH3 is 1. The molecule has 1 fully saturated rings. The molecule has 0 aromatic carbocycles. The molecule has 0 unspecified atom stereocenters. The third-order valence-corrected chi connectivity index (χ3v) is 3.39. The van der Waals surface area contributed by atoms with Crippen molar-refractivity contribution in [2.75, 3.05) is 33.4 Å². The summed E-state index contributed by atoms with van der Waals surface area (Å²) in [5.74, 6) is 0. The van der Waals surface area contributed by atoms with Gasteiger partial charge in [0.15, 0.2) is 0 Å². The van der Waals surface area contributed by atoms with Gasteiger partial charge in [-0.2, -0.15) is 0 Å². The standard InChI is InChI=1S/C13H26N2O3/c1-5-18-12(16)15-8-6-11(7-9-15)14-10-13(2,3)17-4/h11,14H,5-10H2,1-4H3. The van der Waals surface area contributed by atoms with E-state index in [-0.39, 0.29) is 11.7 Å². The number of hydrogen-bond donors (Lipinski definition) is 1. The van der Waals surface area contributed by atoms with Crippen molar-refractivity contribution in [2.45, 2.75) is 45.3 Å². The van der Waals surface area contributed by atoms with Crippen molar-refractivity contribution in [1.29, 1.82) is 0 Å². The molecule has 0 atom stereocenters. The Kier molecular flexibility index (Phi) is 5.88. The second-order valence-corrected chi connectivity index (χ2v) is 5.30. The normalized spacial score (nSPS) is 17.9. The lowest BCUT2D eigenvalue weighted by Gasteiger charge is -2.33. The van der Waals surface area contributed by atoms with E-state index in [9.17, 15) is 4.79 Å². The van der Waals surface area contributed by atoms with Gasteiger partial charge in [-0.3, -0.25) is 0 Å². The maximum absolute atomic E-state index is 11.5. The third kappa shape index (κ3) is 4.82. The zero-order valence-corrected chi connectivity index (χ0v) is 12.0. The predicted molar refractivity (Wildman–Crippen MR) is 70.7 cm³/mol. The van der Waals surface area contributed by atoms with Crippen molar-refractivity contribution in [3.05, 3.63) is 0 Å². The Labute approximate surface area is 110 Å². The Hall–Kier alpha value is -0.810. The molecule has 0 aromatic heterocycles. The van der Waals surface area contributed by atoms with Crippen molar-refractivity contribution in [1.82, 2.24) is 10.2 Å². The largest absolute Gasteiger partial charge is 0.450 e. The Balaban J connectivity index is 2.25. The molecule has 18 heavy (non-hydrogen) atoms. The molecule has 0 aliphatic carbocycles. The highest BCUT2D eigenvalue weighted by molar-refractivity contribution is 5.67. The third-order valence-electron chi connectivity index (χ3n) is 3.39. The second kappa shape index (κ2) is 6.95. The van der Waals surface area contributed by atoms with Crippen LogP contribution in [0.3, 0.4) is 0 Å². The Morgan fingerprint density at radius 2 is 2.00 bits per heavy atom. The van der Waals surface area contributed by atoms with Crippen molar-refractivity contribution in [3.63, 3.8) is 0 Å². The van der Waals surface area contributed by atoms with Gasteiger partial charge in [0.2, 0.25) is 0 Å². The number of amides is 1. The summed E-state index contributed by atoms with van der Waals surface area (Å²) in [6.45, 7) is 8.76. The first-order chi connectivity index (χ1) is 8.48. The van der Waals surface area contributed by atoms with E-state index in [4.69, 9.17) is 9.47 Å². The zero-order chi connectivity index (χ0) is 13.6. The summed E-state index contributed by atoms with van der Waals surface area (Å²) in [6, 6.07) is 0.463. The van der Waals surface area contributed by atoms with Crippen LogP contribution in [0.25, 0.3) is 0 Å². The zero-order valence-electron chi connectivity index (χ0n) is 12.0. The number of nitrogens with zero attached hydrogens (tertiary/aromatic N) is 1. The van der Waals surface area contributed by atoms with Gasteiger partial charge in [-0.25, -0.2) is 4.79 Å². The molecule has 1 heterocycles. The molecule has 5 heteroatoms. The summed E-state index contributed by atoms with van der Waals surface area (Å²) in [5.41, 5.74) is -0.141. The smallest absolute Gasteiger partial charge is 0.409 e. The fourth-order valence-corrected chi connectivity index (χ4v) is 1.94. The quantitative estimate of drug-likeness (QED) is 0.814. The highest BCUT2D eigenvalue weighted by Crippen LogP contribution is 2.13. The monoisotopic (exact) mass is 258 g/mol. The average molecular weight is 258 g/mol. The van der Waals surface area contributed by atoms with Crippen LogP contribution in [0, 0.1) is 0 Å². The SMILES string of the molecule is CCOC(=O)N1CCC(NCC(C)(C)OC)CC1. The number of nitrogens with one attached hydrogen (secondary N) is 1. The van der Waals surface area contributed by atoms with Gasteiger partial charge >= 0.3 is 6.09 Å². The summed E-state index contributed by atoms with van der Waals surface area (Å²) in [4.78, 5) is 13.3. The fourth-order valence-electron chi connectivity index (χ4n) is 1.94. The van der Waals surface area contributed by atoms with Gasteiger partial charge in [0.25, 0.3) is 0 Å². The van der Waals surface area contributed by atoms with E-state index in [0.717, 1.165) is 32.5 Å². The first-order valence-corrected chi connectivity index (χ1v) is 6.68. The van der Waals surface area contributed by atoms with E-state index in [2.05, 4.69) is 19.2 Å². The maximum Gasteiger partial charge on any atom is 0.409 e. The lowest BCUT2D eigenvalue weighted by atomic mass is 10.0. The van der Waals surface area contributed by atoms with Crippen LogP contribution in [0.2, 0.25) is 0 Å². The minimum absolute atomic E-state index is 0.141. The number of likely N-dealkylation sites (tertiary alicyclic amines) is 1. The molecule has 1 rings (SSSR count). The first kappa shape index (κ1) is 15.2. The lowest BCUT2D eigenvalue weighted by Crippen LogP contribution is -2.48. The van der Waals surface area contributed by atoms with Gasteiger partial charge in [0, 0.05) is 32.8 Å². The van der Waals surface area contributed by atoms with Crippen LogP contribution in [-0.4, -0.2) is 56.0 Å². The predicted octanol–water partition coefficient (Wildman–Crippen LogP) is 1.62. The molecule has 1 N–H and O–H groups in total. The summed E-state index contributed by atoms with van der Waals surface area (Å²) in [7, 11) is 1.73. The maximum atomic E-state index is 11.5. The summed E-state index contributed by atoms with van der Waals surface area (Å²) in [6.07, 6.45) is 1.75. The molecule has 1 aliphatic rings. The van der Waals surface area contributed by atoms with Gasteiger partial charge in [-0.05, 0) is 33.6 Å². The molecule has 0 bridgehead atoms. The topological polar surface area (TPSA) is 50.8 Å². The summed E-state index contributed by atoms with van der Waals surface area (Å²) in [5, 5.41) is 3.50. The molecule has 5 nitrogen and oxygen atoms in total. The molecule has 0 spiro atoms. The number of ether oxygens (including phenoxy) is 2. The number of rotatable bonds is 5. The minimum atomic E-state index is -0.187. The van der Waals surface area contributed by atoms with Crippen LogP contribution < -0.4 is 5.32 Å². The molecule has 0 saturated carbocycles. The van der Waals surface area contributed by atoms with Crippen LogP contribution in [0.15, 0.2) is 0 Å². The molecule has 1 aliphatic heterocycles. The van der Waals surface area contributed by atoms with E-state index in [0.29, 0.717) is 12.6 Å². The van der Waals surface area contributed by atoms with E-state index < -0.39 is 0 Å². The van der Waals surface area contributed by atoms with Gasteiger partial charge in [-0.1, -0.05) is 0 Å². The fraction of sp³-hybridized carbons (Fsp3) is 0.923. The van der Waals surface area contributed by atoms with Crippen LogP contribution in [0.1, 0.15) is 33.6 Å². The van der Waals surface area contributed by atoms with Crippen LogP contribution in [0.5, 0.6) is 0 Å². The molecule has 106 valence electrons. The number of hydrogen-bond acceptors (Lipinski definition) is 4. The Morgan fingerprint density at radius 3 is 2.50 bits per heavy atom. The van der Waals surface area contributed by atoms with Crippen molar-refractivity contribution in [3.8, 4) is 0 Å². The van der Waals surface area contributed by atoms with E-state index in [1.165, 1.54) is 0 Å². The molecule has 1 amide bonds. The molecular weight excluding hydrogens is 232 g/mol. The first-order valence-electron chi connectivity index (χ1n) is 6.68. The van der Waals surface area contributed by atoms with Gasteiger partial charge < -0.3 is 19.7 Å². The van der Waals surface area contributed by atoms with E-state index in [1.807, 2.05) is 6.92 Å². The van der Waals surface area contributed by atoms with Crippen molar-refractivity contribution >= 4 is 6.09 Å². The van der Waals surface area contributed by atoms with Gasteiger partial charge in [-0.15, -0.1) is 0 Å². The van der Waals surface area contributed by atoms with Gasteiger partial charge in [0.05, 0.1) is 12.2 Å². The summed E-state index contributed by atoms with van der Waals surface area (Å²) < 4.78 is 10.4. The number of piperidine rings is 1. The van der Waals surface area contributed by atoms with Crippen LogP contribution >= 0.6 is 0 Å². The average Bonchev–Trinajstić information content (AvgIpc) is 2.37. The lowest BCUT2D eigenvalue weighted by molar-refractivity contribution is 0.0187. The minimum Gasteiger partial charge on any atom is -0.450 e. The Bertz CT molecular complexity index is 261. The van der Waals surface area contributed by atoms with Crippen LogP contribution in [0.4, 0.5) is 4.79 Å².